The van der Waals surface area contributed by atoms with E-state index in [0.717, 1.165) is 12.8 Å². The predicted octanol–water partition coefficient (Wildman–Crippen LogP) is 0.289. The van der Waals surface area contributed by atoms with Gasteiger partial charge in [-0.2, -0.15) is 13.2 Å². The summed E-state index contributed by atoms with van der Waals surface area (Å²) in [7, 11) is 0. The van der Waals surface area contributed by atoms with Gasteiger partial charge in [-0.1, -0.05) is 0 Å². The zero-order chi connectivity index (χ0) is 13.8. The Balaban J connectivity index is 2.32. The van der Waals surface area contributed by atoms with E-state index in [4.69, 9.17) is 5.73 Å². The van der Waals surface area contributed by atoms with E-state index in [1.807, 2.05) is 0 Å². The first-order valence-corrected chi connectivity index (χ1v) is 5.56. The Labute approximate surface area is 102 Å². The molecule has 18 heavy (non-hydrogen) atoms. The van der Waals surface area contributed by atoms with Crippen molar-refractivity contribution in [1.82, 2.24) is 4.90 Å². The predicted molar refractivity (Wildman–Crippen MR) is 55.4 cm³/mol. The van der Waals surface area contributed by atoms with Crippen molar-refractivity contribution < 1.29 is 27.5 Å². The van der Waals surface area contributed by atoms with E-state index in [-0.39, 0.29) is 0 Å². The lowest BCUT2D eigenvalue weighted by Gasteiger charge is -2.31. The average molecular weight is 268 g/mol. The monoisotopic (exact) mass is 268 g/mol. The summed E-state index contributed by atoms with van der Waals surface area (Å²) in [6.45, 7) is 0.533. The minimum absolute atomic E-state index is 0.340. The molecule has 0 radical (unpaired) electrons. The summed E-state index contributed by atoms with van der Waals surface area (Å²) in [6, 6.07) is 0. The summed E-state index contributed by atoms with van der Waals surface area (Å²) in [5.74, 6) is -2.61. The third kappa shape index (κ3) is 4.17. The molecule has 5 nitrogen and oxygen atoms in total. The van der Waals surface area contributed by atoms with Gasteiger partial charge in [-0.05, 0) is 25.3 Å². The Bertz CT molecular complexity index is 312. The van der Waals surface area contributed by atoms with Crippen LogP contribution in [-0.4, -0.2) is 49.2 Å². The highest BCUT2D eigenvalue weighted by atomic mass is 19.4. The van der Waals surface area contributed by atoms with E-state index in [2.05, 4.69) is 4.74 Å². The molecule has 1 amide bonds. The molecule has 1 saturated heterocycles. The Hall–Kier alpha value is -1.31. The van der Waals surface area contributed by atoms with Crippen LogP contribution in [0.15, 0.2) is 0 Å². The van der Waals surface area contributed by atoms with Crippen LogP contribution in [0.4, 0.5) is 13.2 Å². The zero-order valence-electron chi connectivity index (χ0n) is 9.70. The van der Waals surface area contributed by atoms with Crippen molar-refractivity contribution in [2.75, 3.05) is 26.2 Å². The maximum absolute atomic E-state index is 11.8. The first-order chi connectivity index (χ1) is 8.34. The number of carbonyl (C=O) groups excluding carboxylic acids is 2. The van der Waals surface area contributed by atoms with Gasteiger partial charge in [-0.3, -0.25) is 4.79 Å². The molecule has 0 aromatic heterocycles. The molecule has 104 valence electrons. The molecule has 0 aliphatic carbocycles. The molecule has 0 aromatic rings. The number of hydrogen-bond acceptors (Lipinski definition) is 4. The fourth-order valence-electron chi connectivity index (χ4n) is 1.72. The number of piperidine rings is 1. The molecule has 0 spiro atoms. The van der Waals surface area contributed by atoms with Crippen LogP contribution in [-0.2, 0) is 14.3 Å². The molecule has 2 N–H and O–H groups in total. The average Bonchev–Trinajstić information content (AvgIpc) is 2.34. The number of amides is 1. The van der Waals surface area contributed by atoms with Crippen molar-refractivity contribution in [3.8, 4) is 0 Å². The van der Waals surface area contributed by atoms with Gasteiger partial charge in [0.05, 0.1) is 0 Å². The lowest BCUT2D eigenvalue weighted by Crippen LogP contribution is -2.42. The number of hydrogen-bond donors (Lipinski definition) is 1. The van der Waals surface area contributed by atoms with E-state index in [1.165, 1.54) is 4.90 Å². The van der Waals surface area contributed by atoms with Crippen LogP contribution in [0, 0.1) is 5.92 Å². The van der Waals surface area contributed by atoms with E-state index in [0.29, 0.717) is 25.6 Å². The lowest BCUT2D eigenvalue weighted by molar-refractivity contribution is -0.200. The molecule has 0 atom stereocenters. The van der Waals surface area contributed by atoms with Crippen LogP contribution in [0.3, 0.4) is 0 Å². The molecule has 1 aliphatic heterocycles. The van der Waals surface area contributed by atoms with Crippen LogP contribution in [0.2, 0.25) is 0 Å². The Morgan fingerprint density at radius 1 is 1.28 bits per heavy atom. The van der Waals surface area contributed by atoms with Gasteiger partial charge in [0.15, 0.2) is 6.61 Å². The van der Waals surface area contributed by atoms with Gasteiger partial charge in [0.1, 0.15) is 0 Å². The van der Waals surface area contributed by atoms with Crippen LogP contribution in [0.1, 0.15) is 12.8 Å². The Morgan fingerprint density at radius 3 is 2.28 bits per heavy atom. The second-order valence-electron chi connectivity index (χ2n) is 4.13. The van der Waals surface area contributed by atoms with E-state index in [9.17, 15) is 22.8 Å². The van der Waals surface area contributed by atoms with Crippen molar-refractivity contribution in [1.29, 1.82) is 0 Å². The number of esters is 1. The third-order valence-corrected chi connectivity index (χ3v) is 2.86. The topological polar surface area (TPSA) is 72.6 Å². The Kier molecular flexibility index (Phi) is 4.94. The van der Waals surface area contributed by atoms with Crippen LogP contribution in [0.25, 0.3) is 0 Å². The standard InChI is InChI=1S/C10H15F3N2O3/c11-10(12,13)9(17)18-6-8(16)15-3-1-7(5-14)2-4-15/h7H,1-6,14H2. The van der Waals surface area contributed by atoms with Crippen LogP contribution >= 0.6 is 0 Å². The molecule has 8 heteroatoms. The minimum Gasteiger partial charge on any atom is -0.449 e. The van der Waals surface area contributed by atoms with E-state index < -0.39 is 24.7 Å². The SMILES string of the molecule is NCC1CCN(C(=O)COC(=O)C(F)(F)F)CC1. The highest BCUT2D eigenvalue weighted by Crippen LogP contribution is 2.18. The smallest absolute Gasteiger partial charge is 0.449 e. The summed E-state index contributed by atoms with van der Waals surface area (Å²) in [5.41, 5.74) is 5.47. The van der Waals surface area contributed by atoms with Crippen LogP contribution < -0.4 is 5.73 Å². The fraction of sp³-hybridized carbons (Fsp3) is 0.800. The Morgan fingerprint density at radius 2 is 1.83 bits per heavy atom. The highest BCUT2D eigenvalue weighted by Gasteiger charge is 2.41. The second kappa shape index (κ2) is 6.03. The first-order valence-electron chi connectivity index (χ1n) is 5.56. The number of likely N-dealkylation sites (tertiary alicyclic amines) is 1. The number of ether oxygens (including phenoxy) is 1. The van der Waals surface area contributed by atoms with Gasteiger partial charge in [0, 0.05) is 13.1 Å². The summed E-state index contributed by atoms with van der Waals surface area (Å²) in [6.07, 6.45) is -3.63. The van der Waals surface area contributed by atoms with Gasteiger partial charge >= 0.3 is 12.1 Å². The fourth-order valence-corrected chi connectivity index (χ4v) is 1.72. The lowest BCUT2D eigenvalue weighted by atomic mass is 9.97. The van der Waals surface area contributed by atoms with Gasteiger partial charge < -0.3 is 15.4 Å². The molecule has 1 heterocycles. The number of halogens is 3. The molecule has 0 unspecified atom stereocenters. The molecule has 1 rings (SSSR count). The largest absolute Gasteiger partial charge is 0.490 e. The van der Waals surface area contributed by atoms with Gasteiger partial charge in [0.2, 0.25) is 0 Å². The molecule has 0 saturated carbocycles. The van der Waals surface area contributed by atoms with Crippen molar-refractivity contribution in [2.24, 2.45) is 11.7 Å². The van der Waals surface area contributed by atoms with Gasteiger partial charge in [0.25, 0.3) is 5.91 Å². The number of nitrogens with two attached hydrogens (primary N) is 1. The number of alkyl halides is 3. The third-order valence-electron chi connectivity index (χ3n) is 2.86. The van der Waals surface area contributed by atoms with E-state index in [1.54, 1.807) is 0 Å². The van der Waals surface area contributed by atoms with Crippen molar-refractivity contribution >= 4 is 11.9 Å². The number of carbonyl (C=O) groups is 2. The summed E-state index contributed by atoms with van der Waals surface area (Å²) < 4.78 is 39.4. The molecule has 1 fully saturated rings. The molecular weight excluding hydrogens is 253 g/mol. The van der Waals surface area contributed by atoms with Crippen molar-refractivity contribution in [3.63, 3.8) is 0 Å². The molecule has 1 aliphatic rings. The first kappa shape index (κ1) is 14.7. The molecule has 0 bridgehead atoms. The maximum atomic E-state index is 11.8. The summed E-state index contributed by atoms with van der Waals surface area (Å²) >= 11 is 0. The van der Waals surface area contributed by atoms with Crippen molar-refractivity contribution in [2.45, 2.75) is 19.0 Å². The quantitative estimate of drug-likeness (QED) is 0.747. The second-order valence-corrected chi connectivity index (χ2v) is 4.13. The van der Waals surface area contributed by atoms with Gasteiger partial charge in [-0.15, -0.1) is 0 Å². The normalized spacial score (nSPS) is 17.7. The number of nitrogens with zero attached hydrogens (tertiary/aromatic N) is 1. The molecule has 0 aromatic carbocycles. The van der Waals surface area contributed by atoms with Crippen molar-refractivity contribution in [3.05, 3.63) is 0 Å². The van der Waals surface area contributed by atoms with Crippen LogP contribution in [0.5, 0.6) is 0 Å². The minimum atomic E-state index is -5.06. The van der Waals surface area contributed by atoms with Gasteiger partial charge in [-0.25, -0.2) is 4.79 Å². The zero-order valence-corrected chi connectivity index (χ0v) is 9.70. The highest BCUT2D eigenvalue weighted by molar-refractivity contribution is 5.82. The summed E-state index contributed by atoms with van der Waals surface area (Å²) in [5, 5.41) is 0. The molecular formula is C10H15F3N2O3. The van der Waals surface area contributed by atoms with E-state index >= 15 is 0 Å². The number of rotatable bonds is 3. The summed E-state index contributed by atoms with van der Waals surface area (Å²) in [4.78, 5) is 23.3. The maximum Gasteiger partial charge on any atom is 0.490 e.